The van der Waals surface area contributed by atoms with Crippen LogP contribution in [0.3, 0.4) is 0 Å². The van der Waals surface area contributed by atoms with Crippen molar-refractivity contribution in [1.82, 2.24) is 0 Å². The van der Waals surface area contributed by atoms with Gasteiger partial charge in [0, 0.05) is 61.8 Å². The number of benzene rings is 2. The van der Waals surface area contributed by atoms with Gasteiger partial charge in [0.25, 0.3) is 0 Å². The minimum atomic E-state index is -1.75. The highest BCUT2D eigenvalue weighted by Gasteiger charge is 2.03. The van der Waals surface area contributed by atoms with Crippen molar-refractivity contribution in [2.45, 2.75) is 13.8 Å². The van der Waals surface area contributed by atoms with E-state index in [4.69, 9.17) is 40.9 Å². The third-order valence-electron chi connectivity index (χ3n) is 6.96. The number of rotatable bonds is 12. The van der Waals surface area contributed by atoms with Crippen molar-refractivity contribution in [3.05, 3.63) is 150 Å². The number of hydrogen-bond acceptors (Lipinski definition) is 10. The lowest BCUT2D eigenvalue weighted by Gasteiger charge is -2.21. The van der Waals surface area contributed by atoms with Crippen molar-refractivity contribution < 1.29 is 35.0 Å². The summed E-state index contributed by atoms with van der Waals surface area (Å²) in [5.74, 6) is 0. The first-order valence-corrected chi connectivity index (χ1v) is 15.7. The van der Waals surface area contributed by atoms with E-state index in [-0.39, 0.29) is 18.7 Å². The van der Waals surface area contributed by atoms with Gasteiger partial charge in [-0.05, 0) is 60.4 Å². The summed E-state index contributed by atoms with van der Waals surface area (Å²) in [7, 11) is 4.02. The molecule has 2 heterocycles. The molecule has 0 unspecified atom stereocenters. The average molecular weight is 709 g/mol. The van der Waals surface area contributed by atoms with Crippen molar-refractivity contribution in [2.24, 2.45) is 14.1 Å². The van der Waals surface area contributed by atoms with E-state index < -0.39 is 10.2 Å². The Kier molecular flexibility index (Phi) is 23.0. The van der Waals surface area contributed by atoms with E-state index in [1.54, 1.807) is 0 Å². The largest absolute Gasteiger partial charge is 0.412 e. The van der Waals surface area contributed by atoms with Crippen LogP contribution in [0.5, 0.6) is 0 Å². The monoisotopic (exact) mass is 708 g/mol. The summed E-state index contributed by atoms with van der Waals surface area (Å²) >= 11 is 0. The van der Waals surface area contributed by atoms with Gasteiger partial charge in [0.1, 0.15) is 14.1 Å². The Labute approximate surface area is 298 Å². The van der Waals surface area contributed by atoms with Crippen molar-refractivity contribution >= 4 is 35.7 Å². The van der Waals surface area contributed by atoms with E-state index in [2.05, 4.69) is 121 Å². The molecular formula is C36H48N6O9. The fraction of sp³-hybridized carbons (Fsp3) is 0.278. The molecule has 2 aromatic carbocycles. The topological polar surface area (TPSA) is 219 Å². The number of aryl methyl sites for hydroxylation is 2. The molecule has 4 N–H and O–H groups in total. The predicted molar refractivity (Wildman–Crippen MR) is 200 cm³/mol. The summed E-state index contributed by atoms with van der Waals surface area (Å²) in [6, 6.07) is 25.2. The number of likely N-dealkylation sites (N-methyl/N-ethyl adjacent to an activating group) is 2. The Morgan fingerprint density at radius 2 is 0.784 bits per heavy atom. The van der Waals surface area contributed by atoms with Crippen LogP contribution in [-0.4, -0.2) is 65.3 Å². The molecule has 276 valence electrons. The van der Waals surface area contributed by atoms with Gasteiger partial charge < -0.3 is 56.1 Å². The van der Waals surface area contributed by atoms with Crippen LogP contribution >= 0.6 is 0 Å². The van der Waals surface area contributed by atoms with E-state index in [0.717, 1.165) is 24.5 Å². The van der Waals surface area contributed by atoms with Gasteiger partial charge in [0.05, 0.1) is 23.4 Å². The van der Waals surface area contributed by atoms with E-state index in [9.17, 15) is 0 Å². The first-order chi connectivity index (χ1) is 23.9. The zero-order valence-electron chi connectivity index (χ0n) is 29.3. The first kappa shape index (κ1) is 45.1. The molecule has 0 fully saturated rings. The fourth-order valence-corrected chi connectivity index (χ4v) is 4.41. The lowest BCUT2D eigenvalue weighted by molar-refractivity contribution is -0.671. The molecule has 0 saturated heterocycles. The van der Waals surface area contributed by atoms with Crippen LogP contribution in [0.15, 0.2) is 97.6 Å². The minimum Gasteiger partial charge on any atom is -0.412 e. The summed E-state index contributed by atoms with van der Waals surface area (Å²) in [6.45, 7) is 7.70. The molecule has 4 aromatic rings. The SMILES string of the molecule is CCN(CCO)c1ccc(/C=C/c2cc[n+](C)cc2)cc1.CCN(CCO)c1ccc(/C=C/c2cc[n+](C)cc2)cc1.O.O=[N+]([O-])[O-].O=[N+]([O-])[O-]. The molecule has 0 aliphatic rings. The molecule has 0 radical (unpaired) electrons. The third kappa shape index (κ3) is 20.3. The highest BCUT2D eigenvalue weighted by molar-refractivity contribution is 5.71. The quantitative estimate of drug-likeness (QED) is 0.123. The zero-order valence-corrected chi connectivity index (χ0v) is 29.3. The van der Waals surface area contributed by atoms with Crippen LogP contribution in [0.1, 0.15) is 36.1 Å². The lowest BCUT2D eigenvalue weighted by Crippen LogP contribution is -2.25. The number of pyridine rings is 2. The van der Waals surface area contributed by atoms with Crippen LogP contribution < -0.4 is 18.9 Å². The van der Waals surface area contributed by atoms with Gasteiger partial charge in [-0.1, -0.05) is 48.6 Å². The Hall–Kier alpha value is -5.90. The van der Waals surface area contributed by atoms with Gasteiger partial charge in [0.15, 0.2) is 24.8 Å². The second-order valence-electron chi connectivity index (χ2n) is 10.5. The lowest BCUT2D eigenvalue weighted by atomic mass is 10.1. The van der Waals surface area contributed by atoms with Gasteiger partial charge in [-0.25, -0.2) is 9.13 Å². The highest BCUT2D eigenvalue weighted by atomic mass is 16.9. The molecule has 0 saturated carbocycles. The van der Waals surface area contributed by atoms with Crippen molar-refractivity contribution in [2.75, 3.05) is 49.2 Å². The number of aliphatic hydroxyl groups is 2. The van der Waals surface area contributed by atoms with Crippen LogP contribution in [0.4, 0.5) is 11.4 Å². The van der Waals surface area contributed by atoms with Crippen LogP contribution in [0, 0.1) is 30.6 Å². The molecule has 4 rings (SSSR count). The number of aromatic nitrogens is 2. The van der Waals surface area contributed by atoms with Crippen LogP contribution in [0.25, 0.3) is 24.3 Å². The molecule has 0 bridgehead atoms. The van der Waals surface area contributed by atoms with Crippen LogP contribution in [0.2, 0.25) is 0 Å². The maximum Gasteiger partial charge on any atom is 0.169 e. The van der Waals surface area contributed by atoms with Crippen LogP contribution in [-0.2, 0) is 14.1 Å². The van der Waals surface area contributed by atoms with Gasteiger partial charge in [-0.3, -0.25) is 0 Å². The predicted octanol–water partition coefficient (Wildman–Crippen LogP) is 3.70. The number of nitrogens with zero attached hydrogens (tertiary/aromatic N) is 6. The summed E-state index contributed by atoms with van der Waals surface area (Å²) in [5, 5.41) is 47.6. The van der Waals surface area contributed by atoms with Gasteiger partial charge in [0.2, 0.25) is 0 Å². The van der Waals surface area contributed by atoms with E-state index in [1.807, 2.05) is 48.0 Å². The zero-order chi connectivity index (χ0) is 37.3. The molecule has 0 spiro atoms. The molecule has 0 amide bonds. The summed E-state index contributed by atoms with van der Waals surface area (Å²) in [5.41, 5.74) is 7.02. The maximum absolute atomic E-state index is 9.06. The molecule has 51 heavy (non-hydrogen) atoms. The second-order valence-corrected chi connectivity index (χ2v) is 10.5. The van der Waals surface area contributed by atoms with Gasteiger partial charge in [-0.15, -0.1) is 0 Å². The Balaban J connectivity index is 0.000000797. The standard InChI is InChI=1S/2C18H23N2O.2NO3.H2O/c2*1-3-20(14-15-21)18-8-6-16(7-9-18)4-5-17-10-12-19(2)13-11-17;2*2-1(3)4;/h2*4-13,21H,3,14-15H2,1-2H3;;;1H2/q2*+1;2*-1;. The number of aliphatic hydroxyl groups excluding tert-OH is 2. The molecule has 15 nitrogen and oxygen atoms in total. The molecule has 0 aliphatic heterocycles. The van der Waals surface area contributed by atoms with E-state index >= 15 is 0 Å². The minimum absolute atomic E-state index is 0. The smallest absolute Gasteiger partial charge is 0.169 e. The summed E-state index contributed by atoms with van der Waals surface area (Å²) in [4.78, 5) is 20.8. The Morgan fingerprint density at radius 1 is 0.549 bits per heavy atom. The highest BCUT2D eigenvalue weighted by Crippen LogP contribution is 2.17. The van der Waals surface area contributed by atoms with E-state index in [0.29, 0.717) is 13.1 Å². The number of hydrogen-bond donors (Lipinski definition) is 2. The fourth-order valence-electron chi connectivity index (χ4n) is 4.41. The van der Waals surface area contributed by atoms with E-state index in [1.165, 1.54) is 22.3 Å². The first-order valence-electron chi connectivity index (χ1n) is 15.7. The molecule has 0 aliphatic carbocycles. The summed E-state index contributed by atoms with van der Waals surface area (Å²) in [6.07, 6.45) is 16.6. The van der Waals surface area contributed by atoms with Crippen molar-refractivity contribution in [3.63, 3.8) is 0 Å². The molecular weight excluding hydrogens is 660 g/mol. The molecule has 15 heteroatoms. The second kappa shape index (κ2) is 26.0. The van der Waals surface area contributed by atoms with Crippen molar-refractivity contribution in [1.29, 1.82) is 0 Å². The Bertz CT molecular complexity index is 1460. The summed E-state index contributed by atoms with van der Waals surface area (Å²) < 4.78 is 4.04. The number of anilines is 2. The van der Waals surface area contributed by atoms with Gasteiger partial charge >= 0.3 is 0 Å². The third-order valence-corrected chi connectivity index (χ3v) is 6.96. The molecule has 0 atom stereocenters. The Morgan fingerprint density at radius 3 is 1.00 bits per heavy atom. The normalized spacial score (nSPS) is 10.0. The van der Waals surface area contributed by atoms with Crippen molar-refractivity contribution in [3.8, 4) is 0 Å². The molecule has 2 aromatic heterocycles. The van der Waals surface area contributed by atoms with Gasteiger partial charge in [-0.2, -0.15) is 0 Å². The maximum atomic E-state index is 9.06. The average Bonchev–Trinajstić information content (AvgIpc) is 3.09.